The zero-order valence-electron chi connectivity index (χ0n) is 9.46. The maximum Gasteiger partial charge on any atom is 0.390 e. The first kappa shape index (κ1) is 13.7. The van der Waals surface area contributed by atoms with Crippen LogP contribution in [-0.4, -0.2) is 29.7 Å². The highest BCUT2D eigenvalue weighted by atomic mass is 19.4. The molecule has 1 aromatic heterocycles. The fourth-order valence-corrected chi connectivity index (χ4v) is 1.33. The van der Waals surface area contributed by atoms with Crippen molar-refractivity contribution >= 4 is 5.69 Å². The van der Waals surface area contributed by atoms with Gasteiger partial charge in [-0.15, -0.1) is 0 Å². The summed E-state index contributed by atoms with van der Waals surface area (Å²) in [6, 6.07) is 3.38. The second kappa shape index (κ2) is 5.83. The van der Waals surface area contributed by atoms with Crippen LogP contribution < -0.4 is 11.3 Å². The van der Waals surface area contributed by atoms with Crippen molar-refractivity contribution in [2.75, 3.05) is 19.0 Å². The number of nitrogen functional groups attached to an aromatic ring is 1. The van der Waals surface area contributed by atoms with Crippen LogP contribution in [-0.2, 0) is 6.54 Å². The van der Waals surface area contributed by atoms with Crippen LogP contribution in [0.15, 0.2) is 18.3 Å². The van der Waals surface area contributed by atoms with E-state index in [9.17, 15) is 13.2 Å². The Bertz CT molecular complexity index is 354. The van der Waals surface area contributed by atoms with E-state index >= 15 is 0 Å². The van der Waals surface area contributed by atoms with Crippen LogP contribution in [0.3, 0.4) is 0 Å². The highest BCUT2D eigenvalue weighted by Gasteiger charge is 2.27. The average molecular weight is 248 g/mol. The van der Waals surface area contributed by atoms with Gasteiger partial charge in [-0.2, -0.15) is 13.2 Å². The maximum atomic E-state index is 12.0. The number of nitrogens with two attached hydrogens (primary N) is 1. The van der Waals surface area contributed by atoms with Crippen molar-refractivity contribution in [1.82, 2.24) is 9.88 Å². The van der Waals surface area contributed by atoms with Gasteiger partial charge in [0.15, 0.2) is 0 Å². The van der Waals surface area contributed by atoms with E-state index in [0.717, 1.165) is 0 Å². The lowest BCUT2D eigenvalue weighted by Crippen LogP contribution is -2.24. The lowest BCUT2D eigenvalue weighted by Gasteiger charge is -2.17. The number of alkyl halides is 3. The Labute approximate surface area is 97.6 Å². The van der Waals surface area contributed by atoms with Gasteiger partial charge in [-0.05, 0) is 19.2 Å². The summed E-state index contributed by atoms with van der Waals surface area (Å²) in [6.45, 7) is 0.303. The van der Waals surface area contributed by atoms with Crippen molar-refractivity contribution in [1.29, 1.82) is 0 Å². The molecule has 0 radical (unpaired) electrons. The predicted molar refractivity (Wildman–Crippen MR) is 59.1 cm³/mol. The maximum absolute atomic E-state index is 12.0. The minimum Gasteiger partial charge on any atom is -0.324 e. The Morgan fingerprint density at radius 1 is 1.47 bits per heavy atom. The van der Waals surface area contributed by atoms with Crippen LogP contribution >= 0.6 is 0 Å². The molecule has 4 nitrogen and oxygen atoms in total. The fourth-order valence-electron chi connectivity index (χ4n) is 1.33. The number of anilines is 1. The molecule has 0 spiro atoms. The molecule has 3 N–H and O–H groups in total. The first-order valence-electron chi connectivity index (χ1n) is 5.07. The van der Waals surface area contributed by atoms with Crippen molar-refractivity contribution < 1.29 is 13.2 Å². The molecule has 0 saturated carbocycles. The Hall–Kier alpha value is -1.34. The molecule has 96 valence electrons. The van der Waals surface area contributed by atoms with Gasteiger partial charge in [-0.3, -0.25) is 10.8 Å². The Morgan fingerprint density at radius 2 is 2.18 bits per heavy atom. The van der Waals surface area contributed by atoms with E-state index in [1.807, 2.05) is 0 Å². The number of halogens is 3. The first-order chi connectivity index (χ1) is 7.90. The number of hydrazine groups is 1. The summed E-state index contributed by atoms with van der Waals surface area (Å²) in [7, 11) is 1.62. The van der Waals surface area contributed by atoms with Crippen LogP contribution in [0.2, 0.25) is 0 Å². The van der Waals surface area contributed by atoms with Crippen LogP contribution in [0.25, 0.3) is 0 Å². The molecule has 0 aromatic carbocycles. The van der Waals surface area contributed by atoms with Crippen molar-refractivity contribution in [3.05, 3.63) is 24.0 Å². The molecule has 1 rings (SSSR count). The third-order valence-electron chi connectivity index (χ3n) is 2.19. The molecule has 0 saturated heterocycles. The van der Waals surface area contributed by atoms with E-state index in [0.29, 0.717) is 17.9 Å². The second-order valence-corrected chi connectivity index (χ2v) is 3.78. The van der Waals surface area contributed by atoms with Gasteiger partial charge in [-0.1, -0.05) is 0 Å². The number of hydrogen-bond donors (Lipinski definition) is 2. The molecule has 0 aliphatic rings. The number of hydrogen-bond acceptors (Lipinski definition) is 4. The summed E-state index contributed by atoms with van der Waals surface area (Å²) in [4.78, 5) is 5.62. The predicted octanol–water partition coefficient (Wildman–Crippen LogP) is 1.75. The number of aromatic nitrogens is 1. The molecule has 0 unspecified atom stereocenters. The monoisotopic (exact) mass is 248 g/mol. The van der Waals surface area contributed by atoms with Crippen molar-refractivity contribution in [2.45, 2.75) is 19.1 Å². The molecule has 7 heteroatoms. The molecule has 0 aliphatic carbocycles. The lowest BCUT2D eigenvalue weighted by molar-refractivity contribution is -0.137. The summed E-state index contributed by atoms with van der Waals surface area (Å²) in [5.74, 6) is 5.23. The molecule has 1 aromatic rings. The summed E-state index contributed by atoms with van der Waals surface area (Å²) in [5, 5.41) is 0. The van der Waals surface area contributed by atoms with Crippen LogP contribution in [0.4, 0.5) is 18.9 Å². The third-order valence-corrected chi connectivity index (χ3v) is 2.19. The number of nitrogens with one attached hydrogen (secondary N) is 1. The molecule has 0 amide bonds. The van der Waals surface area contributed by atoms with Gasteiger partial charge in [0.2, 0.25) is 0 Å². The minimum atomic E-state index is -4.12. The van der Waals surface area contributed by atoms with E-state index in [1.165, 1.54) is 0 Å². The second-order valence-electron chi connectivity index (χ2n) is 3.78. The molecule has 0 bridgehead atoms. The summed E-state index contributed by atoms with van der Waals surface area (Å²) >= 11 is 0. The molecule has 0 aliphatic heterocycles. The number of pyridine rings is 1. The van der Waals surface area contributed by atoms with Gasteiger partial charge >= 0.3 is 6.18 Å². The van der Waals surface area contributed by atoms with Gasteiger partial charge in [-0.25, -0.2) is 0 Å². The first-order valence-corrected chi connectivity index (χ1v) is 5.07. The molecular formula is C10H15F3N4. The topological polar surface area (TPSA) is 54.2 Å². The summed E-state index contributed by atoms with van der Waals surface area (Å²) < 4.78 is 36.0. The zero-order chi connectivity index (χ0) is 12.9. The molecule has 0 fully saturated rings. The summed E-state index contributed by atoms with van der Waals surface area (Å²) in [6.07, 6.45) is -3.39. The van der Waals surface area contributed by atoms with Crippen molar-refractivity contribution in [2.24, 2.45) is 5.84 Å². The minimum absolute atomic E-state index is 0.0501. The van der Waals surface area contributed by atoms with Gasteiger partial charge in [0, 0.05) is 19.3 Å². The third kappa shape index (κ3) is 5.50. The largest absolute Gasteiger partial charge is 0.390 e. The average Bonchev–Trinajstić information content (AvgIpc) is 2.26. The zero-order valence-corrected chi connectivity index (χ0v) is 9.46. The standard InChI is InChI=1S/C10H15F3N4/c1-17(5-3-10(11,12)13)7-9-6-8(16-14)2-4-15-9/h2,4,6H,3,5,7,14H2,1H3,(H,15,16). The lowest BCUT2D eigenvalue weighted by atomic mass is 10.3. The quantitative estimate of drug-likeness (QED) is 0.615. The molecule has 17 heavy (non-hydrogen) atoms. The number of nitrogens with zero attached hydrogens (tertiary/aromatic N) is 2. The Balaban J connectivity index is 2.47. The highest BCUT2D eigenvalue weighted by Crippen LogP contribution is 2.19. The fraction of sp³-hybridized carbons (Fsp3) is 0.500. The van der Waals surface area contributed by atoms with Crippen molar-refractivity contribution in [3.8, 4) is 0 Å². The van der Waals surface area contributed by atoms with Gasteiger partial charge in [0.05, 0.1) is 17.8 Å². The van der Waals surface area contributed by atoms with E-state index in [4.69, 9.17) is 5.84 Å². The van der Waals surface area contributed by atoms with Gasteiger partial charge in [0.1, 0.15) is 0 Å². The highest BCUT2D eigenvalue weighted by molar-refractivity contribution is 5.41. The van der Waals surface area contributed by atoms with E-state index in [2.05, 4.69) is 10.4 Å². The molecule has 1 heterocycles. The normalized spacial score (nSPS) is 11.9. The number of rotatable bonds is 5. The van der Waals surface area contributed by atoms with E-state index in [-0.39, 0.29) is 6.54 Å². The van der Waals surface area contributed by atoms with Gasteiger partial charge in [0.25, 0.3) is 0 Å². The van der Waals surface area contributed by atoms with E-state index in [1.54, 1.807) is 30.3 Å². The van der Waals surface area contributed by atoms with Crippen LogP contribution in [0.1, 0.15) is 12.1 Å². The summed E-state index contributed by atoms with van der Waals surface area (Å²) in [5.41, 5.74) is 3.81. The Kier molecular flexibility index (Phi) is 4.71. The van der Waals surface area contributed by atoms with E-state index < -0.39 is 12.6 Å². The van der Waals surface area contributed by atoms with Gasteiger partial charge < -0.3 is 10.3 Å². The van der Waals surface area contributed by atoms with Crippen molar-refractivity contribution in [3.63, 3.8) is 0 Å². The molecule has 0 atom stereocenters. The SMILES string of the molecule is CN(CCC(F)(F)F)Cc1cc(NN)ccn1. The Morgan fingerprint density at radius 3 is 2.76 bits per heavy atom. The molecular weight excluding hydrogens is 233 g/mol. The smallest absolute Gasteiger partial charge is 0.324 e. The van der Waals surface area contributed by atoms with Crippen LogP contribution in [0, 0.1) is 0 Å². The van der Waals surface area contributed by atoms with Crippen LogP contribution in [0.5, 0.6) is 0 Å².